The van der Waals surface area contributed by atoms with Gasteiger partial charge in [0, 0.05) is 12.3 Å². The number of rotatable bonds is 6. The average molecular weight is 419 g/mol. The topological polar surface area (TPSA) is 72.8 Å². The van der Waals surface area contributed by atoms with E-state index in [0.29, 0.717) is 18.8 Å². The Hall–Kier alpha value is -1.62. The lowest BCUT2D eigenvalue weighted by atomic mass is 9.60. The molecule has 5 unspecified atom stereocenters. The summed E-state index contributed by atoms with van der Waals surface area (Å²) in [4.78, 5) is 24.6. The van der Waals surface area contributed by atoms with Crippen LogP contribution in [0.1, 0.15) is 79.6 Å². The molecule has 1 fully saturated rings. The molecule has 0 aromatic rings. The minimum absolute atomic E-state index is 0.0865. The molecule has 2 aliphatic carbocycles. The van der Waals surface area contributed by atoms with Gasteiger partial charge >= 0.3 is 11.9 Å². The number of hydrogen-bond acceptors (Lipinski definition) is 5. The maximum Gasteiger partial charge on any atom is 0.311 e. The summed E-state index contributed by atoms with van der Waals surface area (Å²) >= 11 is 0. The standard InChI is InChI=1S/C25H38O5/c1-6-24(3,4)23(28)30-20-13-16(2)12-17-8-7-10-25(5,22(17)20)11-9-19-14-18(26)15-21(27)29-19/h7-8,12,16,18-20,22,26H,6,9-11,13-15H2,1-5H3/t16?,18?,19?,20?,22-,25?/m1/s1. The third-order valence-electron chi connectivity index (χ3n) is 7.42. The first-order valence-corrected chi connectivity index (χ1v) is 11.5. The van der Waals surface area contributed by atoms with Gasteiger partial charge in [-0.3, -0.25) is 9.59 Å². The van der Waals surface area contributed by atoms with Gasteiger partial charge in [0.25, 0.3) is 0 Å². The quantitative estimate of drug-likeness (QED) is 0.631. The lowest BCUT2D eigenvalue weighted by Crippen LogP contribution is -2.46. The SMILES string of the molecule is CCC(C)(C)C(=O)OC1CC(C)C=C2C=CCC(C)(CCC3CC(O)CC(=O)O3)[C@H]21. The second-order valence-corrected chi connectivity index (χ2v) is 10.5. The molecule has 3 rings (SSSR count). The average Bonchev–Trinajstić information content (AvgIpc) is 2.65. The first kappa shape index (κ1) is 23.1. The number of allylic oxidation sites excluding steroid dienone is 3. The lowest BCUT2D eigenvalue weighted by Gasteiger charge is -2.48. The predicted molar refractivity (Wildman–Crippen MR) is 116 cm³/mol. The Morgan fingerprint density at radius 2 is 2.10 bits per heavy atom. The summed E-state index contributed by atoms with van der Waals surface area (Å²) in [5.74, 6) is 0.0672. The van der Waals surface area contributed by atoms with Gasteiger partial charge in [0.05, 0.1) is 17.9 Å². The molecule has 30 heavy (non-hydrogen) atoms. The molecule has 0 bridgehead atoms. The summed E-state index contributed by atoms with van der Waals surface area (Å²) in [5, 5.41) is 9.93. The molecule has 0 aromatic carbocycles. The zero-order valence-corrected chi connectivity index (χ0v) is 19.1. The van der Waals surface area contributed by atoms with E-state index in [-0.39, 0.29) is 41.9 Å². The van der Waals surface area contributed by atoms with Gasteiger partial charge in [-0.15, -0.1) is 0 Å². The first-order valence-electron chi connectivity index (χ1n) is 11.5. The number of hydrogen-bond donors (Lipinski definition) is 1. The summed E-state index contributed by atoms with van der Waals surface area (Å²) in [6.07, 6.45) is 10.4. The maximum atomic E-state index is 12.9. The van der Waals surface area contributed by atoms with Crippen LogP contribution >= 0.6 is 0 Å². The monoisotopic (exact) mass is 418 g/mol. The van der Waals surface area contributed by atoms with E-state index in [4.69, 9.17) is 9.47 Å². The van der Waals surface area contributed by atoms with E-state index in [1.807, 2.05) is 20.8 Å². The summed E-state index contributed by atoms with van der Waals surface area (Å²) in [7, 11) is 0. The minimum Gasteiger partial charge on any atom is -0.462 e. The van der Waals surface area contributed by atoms with E-state index >= 15 is 0 Å². The van der Waals surface area contributed by atoms with Crippen molar-refractivity contribution >= 4 is 11.9 Å². The molecule has 5 heteroatoms. The van der Waals surface area contributed by atoms with Gasteiger partial charge in [0.1, 0.15) is 12.2 Å². The fourth-order valence-corrected chi connectivity index (χ4v) is 5.16. The predicted octanol–water partition coefficient (Wildman–Crippen LogP) is 4.73. The number of fused-ring (bicyclic) bond motifs is 1. The van der Waals surface area contributed by atoms with Crippen molar-refractivity contribution in [2.24, 2.45) is 22.7 Å². The first-order chi connectivity index (χ1) is 14.0. The third kappa shape index (κ3) is 4.99. The van der Waals surface area contributed by atoms with Crippen molar-refractivity contribution < 1.29 is 24.2 Å². The fourth-order valence-electron chi connectivity index (χ4n) is 5.16. The minimum atomic E-state index is -0.605. The Labute approximate surface area is 180 Å². The molecule has 6 atom stereocenters. The zero-order chi connectivity index (χ0) is 22.1. The van der Waals surface area contributed by atoms with Crippen LogP contribution in [0.4, 0.5) is 0 Å². The second kappa shape index (κ2) is 8.86. The summed E-state index contributed by atoms with van der Waals surface area (Å²) in [6, 6.07) is 0. The third-order valence-corrected chi connectivity index (χ3v) is 7.42. The Bertz CT molecular complexity index is 721. The highest BCUT2D eigenvalue weighted by atomic mass is 16.6. The highest BCUT2D eigenvalue weighted by molar-refractivity contribution is 5.76. The highest BCUT2D eigenvalue weighted by Gasteiger charge is 2.47. The van der Waals surface area contributed by atoms with Crippen LogP contribution in [-0.4, -0.2) is 35.4 Å². The molecule has 5 nitrogen and oxygen atoms in total. The Kier molecular flexibility index (Phi) is 6.81. The van der Waals surface area contributed by atoms with Crippen LogP contribution in [0, 0.1) is 22.7 Å². The Morgan fingerprint density at radius 1 is 1.37 bits per heavy atom. The van der Waals surface area contributed by atoms with Crippen LogP contribution in [0.25, 0.3) is 0 Å². The maximum absolute atomic E-state index is 12.9. The largest absolute Gasteiger partial charge is 0.462 e. The number of carbonyl (C=O) groups is 2. The van der Waals surface area contributed by atoms with Crippen LogP contribution in [0.15, 0.2) is 23.8 Å². The molecular weight excluding hydrogens is 380 g/mol. The molecule has 0 spiro atoms. The van der Waals surface area contributed by atoms with Crippen molar-refractivity contribution in [3.63, 3.8) is 0 Å². The molecule has 3 aliphatic rings. The van der Waals surface area contributed by atoms with Crippen LogP contribution in [0.5, 0.6) is 0 Å². The van der Waals surface area contributed by atoms with E-state index in [9.17, 15) is 14.7 Å². The molecule has 1 heterocycles. The summed E-state index contributed by atoms with van der Waals surface area (Å²) < 4.78 is 11.6. The van der Waals surface area contributed by atoms with Gasteiger partial charge in [-0.2, -0.15) is 0 Å². The molecule has 1 saturated heterocycles. The zero-order valence-electron chi connectivity index (χ0n) is 19.1. The van der Waals surface area contributed by atoms with Crippen molar-refractivity contribution in [3.05, 3.63) is 23.8 Å². The molecule has 0 saturated carbocycles. The van der Waals surface area contributed by atoms with Crippen molar-refractivity contribution in [1.82, 2.24) is 0 Å². The second-order valence-electron chi connectivity index (χ2n) is 10.5. The number of ether oxygens (including phenoxy) is 2. The van der Waals surface area contributed by atoms with E-state index in [0.717, 1.165) is 25.7 Å². The molecule has 168 valence electrons. The number of esters is 2. The van der Waals surface area contributed by atoms with Crippen LogP contribution in [0.2, 0.25) is 0 Å². The van der Waals surface area contributed by atoms with Crippen LogP contribution < -0.4 is 0 Å². The van der Waals surface area contributed by atoms with E-state index in [1.54, 1.807) is 0 Å². The number of cyclic esters (lactones) is 1. The van der Waals surface area contributed by atoms with E-state index in [2.05, 4.69) is 32.1 Å². The van der Waals surface area contributed by atoms with Crippen molar-refractivity contribution in [3.8, 4) is 0 Å². The van der Waals surface area contributed by atoms with Gasteiger partial charge in [-0.25, -0.2) is 0 Å². The normalized spacial score (nSPS) is 36.5. The highest BCUT2D eigenvalue weighted by Crippen LogP contribution is 2.51. The van der Waals surface area contributed by atoms with Crippen molar-refractivity contribution in [1.29, 1.82) is 0 Å². The number of aliphatic hydroxyl groups excluding tert-OH is 1. The molecular formula is C25H38O5. The van der Waals surface area contributed by atoms with Crippen molar-refractivity contribution in [2.45, 2.75) is 97.9 Å². The van der Waals surface area contributed by atoms with Gasteiger partial charge < -0.3 is 14.6 Å². The van der Waals surface area contributed by atoms with Gasteiger partial charge in [-0.1, -0.05) is 39.0 Å². The number of carbonyl (C=O) groups excluding carboxylic acids is 2. The summed E-state index contributed by atoms with van der Waals surface area (Å²) in [5.41, 5.74) is 0.685. The lowest BCUT2D eigenvalue weighted by molar-refractivity contribution is -0.167. The molecule has 1 aliphatic heterocycles. The van der Waals surface area contributed by atoms with Crippen LogP contribution in [-0.2, 0) is 19.1 Å². The van der Waals surface area contributed by atoms with Crippen molar-refractivity contribution in [2.75, 3.05) is 0 Å². The molecule has 0 radical (unpaired) electrons. The number of aliphatic hydroxyl groups is 1. The van der Waals surface area contributed by atoms with Gasteiger partial charge in [0.15, 0.2) is 0 Å². The Balaban J connectivity index is 1.78. The molecule has 0 aromatic heterocycles. The van der Waals surface area contributed by atoms with E-state index in [1.165, 1.54) is 5.57 Å². The smallest absolute Gasteiger partial charge is 0.311 e. The van der Waals surface area contributed by atoms with Gasteiger partial charge in [0.2, 0.25) is 0 Å². The Morgan fingerprint density at radius 3 is 2.77 bits per heavy atom. The molecule has 1 N–H and O–H groups in total. The van der Waals surface area contributed by atoms with Gasteiger partial charge in [-0.05, 0) is 62.9 Å². The molecule has 0 amide bonds. The van der Waals surface area contributed by atoms with E-state index < -0.39 is 11.5 Å². The summed E-state index contributed by atoms with van der Waals surface area (Å²) in [6.45, 7) is 10.3. The fraction of sp³-hybridized carbons (Fsp3) is 0.760. The van der Waals surface area contributed by atoms with Crippen LogP contribution in [0.3, 0.4) is 0 Å².